The van der Waals surface area contributed by atoms with Gasteiger partial charge in [0.15, 0.2) is 0 Å². The molecule has 2 atom stereocenters. The van der Waals surface area contributed by atoms with E-state index in [2.05, 4.69) is 26.1 Å². The first-order valence-corrected chi connectivity index (χ1v) is 6.69. The van der Waals surface area contributed by atoms with Crippen molar-refractivity contribution in [2.45, 2.75) is 38.8 Å². The van der Waals surface area contributed by atoms with Crippen molar-refractivity contribution in [3.05, 3.63) is 35.4 Å². The first kappa shape index (κ1) is 14.4. The van der Waals surface area contributed by atoms with E-state index >= 15 is 0 Å². The van der Waals surface area contributed by atoms with Crippen molar-refractivity contribution in [2.75, 3.05) is 13.2 Å². The molecule has 1 aliphatic rings. The Morgan fingerprint density at radius 3 is 2.47 bits per heavy atom. The smallest absolute Gasteiger partial charge is 0.131 e. The Labute approximate surface area is 113 Å². The van der Waals surface area contributed by atoms with Crippen LogP contribution >= 0.6 is 0 Å². The van der Waals surface area contributed by atoms with Crippen LogP contribution in [0.25, 0.3) is 0 Å². The third-order valence-electron chi connectivity index (χ3n) is 3.39. The molecule has 106 valence electrons. The molecule has 19 heavy (non-hydrogen) atoms. The zero-order chi connectivity index (χ0) is 14.0. The molecule has 1 aliphatic heterocycles. The first-order valence-electron chi connectivity index (χ1n) is 6.69. The molecule has 1 saturated heterocycles. The lowest BCUT2D eigenvalue weighted by Gasteiger charge is -2.26. The number of rotatable bonds is 3. The molecule has 0 bridgehead atoms. The molecular weight excluding hydrogens is 248 g/mol. The molecule has 0 amide bonds. The highest BCUT2D eigenvalue weighted by atomic mass is 19.1. The molecule has 0 saturated carbocycles. The second-order valence-corrected chi connectivity index (χ2v) is 6.11. The predicted molar refractivity (Wildman–Crippen MR) is 70.9 cm³/mol. The Morgan fingerprint density at radius 2 is 1.89 bits per heavy atom. The second kappa shape index (κ2) is 5.55. The lowest BCUT2D eigenvalue weighted by atomic mass is 9.93. The summed E-state index contributed by atoms with van der Waals surface area (Å²) in [5.74, 6) is -0.939. The number of benzene rings is 1. The standard InChI is InChI=1S/C15H21F2NO/c1-15(2,3)18-9-10-7-8-19-14(10)13-11(16)5-4-6-12(13)17/h4-6,10,14,18H,7-9H2,1-3H3. The summed E-state index contributed by atoms with van der Waals surface area (Å²) in [5, 5.41) is 3.38. The van der Waals surface area contributed by atoms with Crippen LogP contribution in [0.2, 0.25) is 0 Å². The van der Waals surface area contributed by atoms with Gasteiger partial charge in [-0.15, -0.1) is 0 Å². The highest BCUT2D eigenvalue weighted by molar-refractivity contribution is 5.23. The van der Waals surface area contributed by atoms with E-state index in [0.717, 1.165) is 6.42 Å². The van der Waals surface area contributed by atoms with E-state index in [1.807, 2.05) is 0 Å². The van der Waals surface area contributed by atoms with Crippen LogP contribution in [0.15, 0.2) is 18.2 Å². The Bertz CT molecular complexity index is 422. The number of halogens is 2. The highest BCUT2D eigenvalue weighted by Gasteiger charge is 2.34. The van der Waals surface area contributed by atoms with Crippen LogP contribution in [0.1, 0.15) is 38.9 Å². The van der Waals surface area contributed by atoms with Gasteiger partial charge in [-0.25, -0.2) is 8.78 Å². The predicted octanol–water partition coefficient (Wildman–Crippen LogP) is 3.43. The molecule has 1 N–H and O–H groups in total. The van der Waals surface area contributed by atoms with Crippen LogP contribution in [0, 0.1) is 17.6 Å². The van der Waals surface area contributed by atoms with Crippen molar-refractivity contribution in [3.8, 4) is 0 Å². The lowest BCUT2D eigenvalue weighted by molar-refractivity contribution is 0.0827. The zero-order valence-electron chi connectivity index (χ0n) is 11.7. The van der Waals surface area contributed by atoms with E-state index in [-0.39, 0.29) is 17.0 Å². The van der Waals surface area contributed by atoms with Crippen LogP contribution in [0.4, 0.5) is 8.78 Å². The fraction of sp³-hybridized carbons (Fsp3) is 0.600. The van der Waals surface area contributed by atoms with Gasteiger partial charge in [0.2, 0.25) is 0 Å². The normalized spacial score (nSPS) is 23.8. The van der Waals surface area contributed by atoms with Gasteiger partial charge in [-0.3, -0.25) is 0 Å². The van der Waals surface area contributed by atoms with Crippen molar-refractivity contribution in [3.63, 3.8) is 0 Å². The summed E-state index contributed by atoms with van der Waals surface area (Å²) in [4.78, 5) is 0. The Morgan fingerprint density at radius 1 is 1.26 bits per heavy atom. The fourth-order valence-electron chi connectivity index (χ4n) is 2.38. The second-order valence-electron chi connectivity index (χ2n) is 6.11. The summed E-state index contributed by atoms with van der Waals surface area (Å²) >= 11 is 0. The van der Waals surface area contributed by atoms with Gasteiger partial charge in [0.05, 0.1) is 11.7 Å². The van der Waals surface area contributed by atoms with Gasteiger partial charge in [0, 0.05) is 24.6 Å². The van der Waals surface area contributed by atoms with Crippen molar-refractivity contribution in [2.24, 2.45) is 5.92 Å². The molecule has 1 aromatic rings. The maximum atomic E-state index is 13.8. The highest BCUT2D eigenvalue weighted by Crippen LogP contribution is 2.36. The Kier molecular flexibility index (Phi) is 4.21. The van der Waals surface area contributed by atoms with E-state index in [9.17, 15) is 8.78 Å². The van der Waals surface area contributed by atoms with Crippen molar-refractivity contribution < 1.29 is 13.5 Å². The minimum atomic E-state index is -0.521. The van der Waals surface area contributed by atoms with Crippen LogP contribution in [0.3, 0.4) is 0 Å². The minimum absolute atomic E-state index is 0.0130. The average Bonchev–Trinajstić information content (AvgIpc) is 2.73. The minimum Gasteiger partial charge on any atom is -0.373 e. The van der Waals surface area contributed by atoms with Crippen LogP contribution in [-0.4, -0.2) is 18.7 Å². The van der Waals surface area contributed by atoms with Gasteiger partial charge in [0.25, 0.3) is 0 Å². The molecule has 1 fully saturated rings. The van der Waals surface area contributed by atoms with Crippen molar-refractivity contribution >= 4 is 0 Å². The van der Waals surface area contributed by atoms with E-state index in [1.165, 1.54) is 18.2 Å². The maximum absolute atomic E-state index is 13.8. The zero-order valence-corrected chi connectivity index (χ0v) is 11.7. The number of hydrogen-bond acceptors (Lipinski definition) is 2. The van der Waals surface area contributed by atoms with Crippen molar-refractivity contribution in [1.82, 2.24) is 5.32 Å². The number of ether oxygens (including phenoxy) is 1. The van der Waals surface area contributed by atoms with Gasteiger partial charge < -0.3 is 10.1 Å². The van der Waals surface area contributed by atoms with E-state index in [1.54, 1.807) is 0 Å². The monoisotopic (exact) mass is 269 g/mol. The SMILES string of the molecule is CC(C)(C)NCC1CCOC1c1c(F)cccc1F. The molecular formula is C15H21F2NO. The quantitative estimate of drug-likeness (QED) is 0.907. The van der Waals surface area contributed by atoms with Crippen LogP contribution in [0.5, 0.6) is 0 Å². The Hall–Kier alpha value is -1.00. The largest absolute Gasteiger partial charge is 0.373 e. The molecule has 2 unspecified atom stereocenters. The Balaban J connectivity index is 2.15. The summed E-state index contributed by atoms with van der Waals surface area (Å²) in [6, 6.07) is 3.95. The molecule has 0 aromatic heterocycles. The van der Waals surface area contributed by atoms with Crippen molar-refractivity contribution in [1.29, 1.82) is 0 Å². The molecule has 2 rings (SSSR count). The number of hydrogen-bond donors (Lipinski definition) is 1. The van der Waals surface area contributed by atoms with E-state index < -0.39 is 17.7 Å². The van der Waals surface area contributed by atoms with Gasteiger partial charge in [-0.05, 0) is 39.3 Å². The maximum Gasteiger partial charge on any atom is 0.131 e. The molecule has 0 spiro atoms. The third kappa shape index (κ3) is 3.51. The van der Waals surface area contributed by atoms with Gasteiger partial charge >= 0.3 is 0 Å². The van der Waals surface area contributed by atoms with Crippen LogP contribution in [-0.2, 0) is 4.74 Å². The van der Waals surface area contributed by atoms with Gasteiger partial charge in [-0.1, -0.05) is 6.07 Å². The number of nitrogens with one attached hydrogen (secondary N) is 1. The summed E-state index contributed by atoms with van der Waals surface area (Å²) in [5.41, 5.74) is 0.0571. The summed E-state index contributed by atoms with van der Waals surface area (Å²) < 4.78 is 33.2. The summed E-state index contributed by atoms with van der Waals surface area (Å²) in [7, 11) is 0. The summed E-state index contributed by atoms with van der Waals surface area (Å²) in [6.45, 7) is 7.46. The molecule has 0 radical (unpaired) electrons. The molecule has 1 aromatic carbocycles. The first-order chi connectivity index (χ1) is 8.88. The average molecular weight is 269 g/mol. The molecule has 0 aliphatic carbocycles. The molecule has 1 heterocycles. The van der Waals surface area contributed by atoms with Gasteiger partial charge in [-0.2, -0.15) is 0 Å². The van der Waals surface area contributed by atoms with E-state index in [0.29, 0.717) is 13.2 Å². The molecule has 4 heteroatoms. The van der Waals surface area contributed by atoms with E-state index in [4.69, 9.17) is 4.74 Å². The lowest BCUT2D eigenvalue weighted by Crippen LogP contribution is -2.39. The molecule has 2 nitrogen and oxygen atoms in total. The fourth-order valence-corrected chi connectivity index (χ4v) is 2.38. The third-order valence-corrected chi connectivity index (χ3v) is 3.39. The summed E-state index contributed by atoms with van der Waals surface area (Å²) in [6.07, 6.45) is 0.331. The van der Waals surface area contributed by atoms with Crippen LogP contribution < -0.4 is 5.32 Å². The topological polar surface area (TPSA) is 21.3 Å². The van der Waals surface area contributed by atoms with Gasteiger partial charge in [0.1, 0.15) is 11.6 Å².